The van der Waals surface area contributed by atoms with Crippen LogP contribution < -0.4 is 5.56 Å². The molecule has 0 saturated carbocycles. The highest BCUT2D eigenvalue weighted by Crippen LogP contribution is 2.27. The summed E-state index contributed by atoms with van der Waals surface area (Å²) in [6.07, 6.45) is 3.83. The summed E-state index contributed by atoms with van der Waals surface area (Å²) in [7, 11) is 0. The summed E-state index contributed by atoms with van der Waals surface area (Å²) >= 11 is 18.4. The molecule has 0 bridgehead atoms. The molecule has 138 valence electrons. The largest absolute Gasteiger partial charge is 0.306 e. The van der Waals surface area contributed by atoms with Crippen LogP contribution in [0, 0.1) is 0 Å². The highest BCUT2D eigenvalue weighted by atomic mass is 35.5. The molecule has 1 aromatic carbocycles. The van der Waals surface area contributed by atoms with Gasteiger partial charge in [-0.25, -0.2) is 4.98 Å². The zero-order chi connectivity index (χ0) is 19.0. The van der Waals surface area contributed by atoms with Crippen LogP contribution in [-0.2, 0) is 19.5 Å². The summed E-state index contributed by atoms with van der Waals surface area (Å²) in [5, 5.41) is 1.69. The van der Waals surface area contributed by atoms with Crippen LogP contribution >= 0.6 is 34.8 Å². The standard InChI is InChI=1S/C19H15Cl3N4O/c20-12-3-1-11(2-4-12)18-24-17-5-6-26(10-14(17)19(27)25-18)9-13-15(21)7-23-8-16(13)22/h1-4,7-8H,5-6,9-10H2,(H,24,25,27). The number of fused-ring (bicyclic) bond motifs is 1. The molecule has 3 heterocycles. The van der Waals surface area contributed by atoms with E-state index in [-0.39, 0.29) is 5.56 Å². The molecule has 0 unspecified atom stereocenters. The van der Waals surface area contributed by atoms with E-state index in [0.717, 1.165) is 23.4 Å². The van der Waals surface area contributed by atoms with Gasteiger partial charge in [-0.1, -0.05) is 34.8 Å². The van der Waals surface area contributed by atoms with Gasteiger partial charge in [-0.2, -0.15) is 0 Å². The summed E-state index contributed by atoms with van der Waals surface area (Å²) in [5.41, 5.74) is 3.03. The fourth-order valence-electron chi connectivity index (χ4n) is 3.17. The fourth-order valence-corrected chi connectivity index (χ4v) is 3.78. The van der Waals surface area contributed by atoms with E-state index in [1.54, 1.807) is 24.5 Å². The summed E-state index contributed by atoms with van der Waals surface area (Å²) in [6.45, 7) is 1.81. The molecule has 2 aromatic heterocycles. The molecule has 0 spiro atoms. The molecule has 8 heteroatoms. The van der Waals surface area contributed by atoms with Gasteiger partial charge in [0.05, 0.1) is 21.3 Å². The lowest BCUT2D eigenvalue weighted by molar-refractivity contribution is 0.242. The summed E-state index contributed by atoms with van der Waals surface area (Å²) in [6, 6.07) is 7.24. The molecule has 4 rings (SSSR count). The van der Waals surface area contributed by atoms with Crippen molar-refractivity contribution in [3.05, 3.63) is 78.9 Å². The van der Waals surface area contributed by atoms with Gasteiger partial charge >= 0.3 is 0 Å². The number of halogens is 3. The lowest BCUT2D eigenvalue weighted by Crippen LogP contribution is -2.35. The number of nitrogens with one attached hydrogen (secondary N) is 1. The first-order valence-electron chi connectivity index (χ1n) is 8.39. The third-order valence-corrected chi connectivity index (χ3v) is 5.50. The van der Waals surface area contributed by atoms with Gasteiger partial charge in [0.25, 0.3) is 5.56 Å². The average Bonchev–Trinajstić information content (AvgIpc) is 2.66. The molecule has 5 nitrogen and oxygen atoms in total. The van der Waals surface area contributed by atoms with Crippen molar-refractivity contribution < 1.29 is 0 Å². The zero-order valence-electron chi connectivity index (χ0n) is 14.2. The molecule has 1 N–H and O–H groups in total. The number of hydrogen-bond acceptors (Lipinski definition) is 4. The Morgan fingerprint density at radius 3 is 2.48 bits per heavy atom. The van der Waals surface area contributed by atoms with E-state index in [1.807, 2.05) is 12.1 Å². The first-order valence-corrected chi connectivity index (χ1v) is 9.53. The minimum atomic E-state index is -0.124. The number of benzene rings is 1. The Hall–Kier alpha value is -1.92. The van der Waals surface area contributed by atoms with Crippen LogP contribution in [0.15, 0.2) is 41.5 Å². The first kappa shape index (κ1) is 18.4. The van der Waals surface area contributed by atoms with Crippen LogP contribution in [0.1, 0.15) is 16.8 Å². The summed E-state index contributed by atoms with van der Waals surface area (Å²) < 4.78 is 0. The Bertz CT molecular complexity index is 1030. The Kier molecular flexibility index (Phi) is 5.19. The van der Waals surface area contributed by atoms with E-state index in [4.69, 9.17) is 34.8 Å². The van der Waals surface area contributed by atoms with Gasteiger partial charge in [0.15, 0.2) is 0 Å². The topological polar surface area (TPSA) is 61.9 Å². The van der Waals surface area contributed by atoms with Gasteiger partial charge in [-0.15, -0.1) is 0 Å². The smallest absolute Gasteiger partial charge is 0.255 e. The molecule has 0 aliphatic carbocycles. The molecule has 1 aliphatic rings. The third kappa shape index (κ3) is 3.87. The minimum Gasteiger partial charge on any atom is -0.306 e. The zero-order valence-corrected chi connectivity index (χ0v) is 16.4. The Morgan fingerprint density at radius 1 is 1.07 bits per heavy atom. The summed E-state index contributed by atoms with van der Waals surface area (Å²) in [4.78, 5) is 26.3. The Morgan fingerprint density at radius 2 is 1.78 bits per heavy atom. The van der Waals surface area contributed by atoms with Crippen LogP contribution in [0.25, 0.3) is 11.4 Å². The number of rotatable bonds is 3. The predicted molar refractivity (Wildman–Crippen MR) is 107 cm³/mol. The quantitative estimate of drug-likeness (QED) is 0.683. The lowest BCUT2D eigenvalue weighted by Gasteiger charge is -2.28. The third-order valence-electron chi connectivity index (χ3n) is 4.60. The van der Waals surface area contributed by atoms with Gasteiger partial charge in [-0.3, -0.25) is 14.7 Å². The SMILES string of the molecule is O=c1[nH]c(-c2ccc(Cl)cc2)nc2c1CN(Cc1c(Cl)cncc1Cl)CC2. The van der Waals surface area contributed by atoms with Crippen LogP contribution in [0.3, 0.4) is 0 Å². The Labute approximate surface area is 170 Å². The van der Waals surface area contributed by atoms with Crippen molar-refractivity contribution in [2.24, 2.45) is 0 Å². The average molecular weight is 422 g/mol. The molecule has 0 fully saturated rings. The maximum atomic E-state index is 12.6. The minimum absolute atomic E-state index is 0.124. The maximum Gasteiger partial charge on any atom is 0.255 e. The molecule has 27 heavy (non-hydrogen) atoms. The van der Waals surface area contributed by atoms with Crippen molar-refractivity contribution in [3.8, 4) is 11.4 Å². The number of aromatic nitrogens is 3. The predicted octanol–water partition coefficient (Wildman–Crippen LogP) is 4.35. The second-order valence-electron chi connectivity index (χ2n) is 6.39. The van der Waals surface area contributed by atoms with Crippen LogP contribution in [-0.4, -0.2) is 26.4 Å². The second-order valence-corrected chi connectivity index (χ2v) is 7.64. The van der Waals surface area contributed by atoms with E-state index in [0.29, 0.717) is 46.0 Å². The van der Waals surface area contributed by atoms with Gasteiger partial charge in [-0.05, 0) is 24.3 Å². The van der Waals surface area contributed by atoms with Crippen molar-refractivity contribution in [3.63, 3.8) is 0 Å². The van der Waals surface area contributed by atoms with Crippen molar-refractivity contribution in [1.82, 2.24) is 19.9 Å². The normalized spacial score (nSPS) is 14.2. The number of H-pyrrole nitrogens is 1. The maximum absolute atomic E-state index is 12.6. The molecular formula is C19H15Cl3N4O. The molecule has 0 atom stereocenters. The summed E-state index contributed by atoms with van der Waals surface area (Å²) in [5.74, 6) is 0.559. The van der Waals surface area contributed by atoms with Crippen LogP contribution in [0.4, 0.5) is 0 Å². The highest BCUT2D eigenvalue weighted by Gasteiger charge is 2.23. The van der Waals surface area contributed by atoms with Crippen molar-refractivity contribution in [2.45, 2.75) is 19.5 Å². The van der Waals surface area contributed by atoms with Gasteiger partial charge in [0.1, 0.15) is 5.82 Å². The molecule has 1 aliphatic heterocycles. The molecular weight excluding hydrogens is 407 g/mol. The number of pyridine rings is 1. The van der Waals surface area contributed by atoms with Gasteiger partial charge in [0, 0.05) is 54.6 Å². The van der Waals surface area contributed by atoms with Crippen molar-refractivity contribution in [1.29, 1.82) is 0 Å². The molecule has 0 saturated heterocycles. The number of hydrogen-bond donors (Lipinski definition) is 1. The number of aromatic amines is 1. The molecule has 0 radical (unpaired) electrons. The van der Waals surface area contributed by atoms with Crippen LogP contribution in [0.2, 0.25) is 15.1 Å². The van der Waals surface area contributed by atoms with E-state index in [1.165, 1.54) is 0 Å². The van der Waals surface area contributed by atoms with E-state index in [2.05, 4.69) is 19.9 Å². The van der Waals surface area contributed by atoms with Crippen molar-refractivity contribution >= 4 is 34.8 Å². The van der Waals surface area contributed by atoms with Crippen molar-refractivity contribution in [2.75, 3.05) is 6.54 Å². The number of nitrogens with zero attached hydrogens (tertiary/aromatic N) is 3. The van der Waals surface area contributed by atoms with Gasteiger partial charge in [0.2, 0.25) is 0 Å². The van der Waals surface area contributed by atoms with E-state index >= 15 is 0 Å². The monoisotopic (exact) mass is 420 g/mol. The Balaban J connectivity index is 1.60. The van der Waals surface area contributed by atoms with Crippen LogP contribution in [0.5, 0.6) is 0 Å². The second kappa shape index (κ2) is 7.60. The molecule has 3 aromatic rings. The lowest BCUT2D eigenvalue weighted by atomic mass is 10.1. The highest BCUT2D eigenvalue weighted by molar-refractivity contribution is 6.35. The van der Waals surface area contributed by atoms with E-state index in [9.17, 15) is 4.79 Å². The van der Waals surface area contributed by atoms with Gasteiger partial charge < -0.3 is 4.98 Å². The fraction of sp³-hybridized carbons (Fsp3) is 0.211. The first-order chi connectivity index (χ1) is 13.0. The molecule has 0 amide bonds. The van der Waals surface area contributed by atoms with E-state index < -0.39 is 0 Å².